The summed E-state index contributed by atoms with van der Waals surface area (Å²) in [6.45, 7) is -0.281. The summed E-state index contributed by atoms with van der Waals surface area (Å²) in [5.41, 5.74) is 0.861. The first-order valence-corrected chi connectivity index (χ1v) is 3.24. The maximum atomic E-state index is 11.6. The fourth-order valence-electron chi connectivity index (χ4n) is 0.758. The standard InChI is InChI=1S/C6H10FN3/c1-10-5-6(8-9-10)3-2-4-7/h5H,2-4H2,1H3/i7-1. The van der Waals surface area contributed by atoms with Gasteiger partial charge in [-0.2, -0.15) is 0 Å². The van der Waals surface area contributed by atoms with Crippen LogP contribution in [0.4, 0.5) is 4.39 Å². The molecule has 10 heavy (non-hydrogen) atoms. The van der Waals surface area contributed by atoms with Crippen LogP contribution in [-0.4, -0.2) is 21.7 Å². The molecule has 0 aliphatic carbocycles. The molecular formula is C6H10FN3. The molecule has 0 amide bonds. The third-order valence-corrected chi connectivity index (χ3v) is 1.22. The normalized spacial score (nSPS) is 10.2. The number of alkyl halides is 1. The quantitative estimate of drug-likeness (QED) is 0.622. The van der Waals surface area contributed by atoms with Crippen molar-refractivity contribution in [3.63, 3.8) is 0 Å². The second-order valence-electron chi connectivity index (χ2n) is 2.18. The highest BCUT2D eigenvalue weighted by molar-refractivity contribution is 4.91. The number of halogens is 1. The molecule has 0 aliphatic rings. The highest BCUT2D eigenvalue weighted by atomic mass is 18.2. The van der Waals surface area contributed by atoms with E-state index < -0.39 is 0 Å². The molecule has 56 valence electrons. The number of aromatic nitrogens is 3. The Bertz CT molecular complexity index is 197. The van der Waals surface area contributed by atoms with E-state index in [-0.39, 0.29) is 6.67 Å². The first-order valence-electron chi connectivity index (χ1n) is 3.24. The van der Waals surface area contributed by atoms with Crippen LogP contribution in [0.15, 0.2) is 6.20 Å². The van der Waals surface area contributed by atoms with Gasteiger partial charge in [0, 0.05) is 13.2 Å². The predicted octanol–water partition coefficient (Wildman–Crippen LogP) is 0.717. The van der Waals surface area contributed by atoms with E-state index in [4.69, 9.17) is 0 Å². The number of aryl methyl sites for hydroxylation is 2. The zero-order valence-corrected chi connectivity index (χ0v) is 5.92. The molecule has 0 saturated carbocycles. The van der Waals surface area contributed by atoms with Crippen molar-refractivity contribution in [1.29, 1.82) is 0 Å². The molecule has 1 aromatic rings. The van der Waals surface area contributed by atoms with Crippen molar-refractivity contribution < 1.29 is 4.39 Å². The largest absolute Gasteiger partial charge is 0.255 e. The average molecular weight is 142 g/mol. The van der Waals surface area contributed by atoms with Crippen LogP contribution >= 0.6 is 0 Å². The number of hydrogen-bond acceptors (Lipinski definition) is 2. The molecule has 0 unspecified atom stereocenters. The minimum Gasteiger partial charge on any atom is -0.255 e. The minimum atomic E-state index is -0.281. The zero-order valence-electron chi connectivity index (χ0n) is 5.92. The van der Waals surface area contributed by atoms with Crippen molar-refractivity contribution in [3.05, 3.63) is 11.9 Å². The van der Waals surface area contributed by atoms with E-state index in [0.29, 0.717) is 12.8 Å². The Hall–Kier alpha value is -0.930. The topological polar surface area (TPSA) is 30.7 Å². The molecule has 0 radical (unpaired) electrons. The first-order chi connectivity index (χ1) is 4.83. The number of hydrogen-bond donors (Lipinski definition) is 0. The van der Waals surface area contributed by atoms with E-state index in [1.54, 1.807) is 17.9 Å². The summed E-state index contributed by atoms with van der Waals surface area (Å²) < 4.78 is 13.2. The van der Waals surface area contributed by atoms with Gasteiger partial charge in [-0.25, -0.2) is 0 Å². The van der Waals surface area contributed by atoms with Gasteiger partial charge in [-0.1, -0.05) is 5.21 Å². The van der Waals surface area contributed by atoms with E-state index in [1.165, 1.54) is 0 Å². The second-order valence-corrected chi connectivity index (χ2v) is 2.18. The molecular weight excluding hydrogens is 132 g/mol. The Morgan fingerprint density at radius 3 is 3.00 bits per heavy atom. The summed E-state index contributed by atoms with van der Waals surface area (Å²) in [6.07, 6.45) is 3.03. The molecule has 0 fully saturated rings. The highest BCUT2D eigenvalue weighted by Gasteiger charge is 1.95. The molecule has 1 heterocycles. The highest BCUT2D eigenvalue weighted by Crippen LogP contribution is 1.96. The Labute approximate surface area is 58.9 Å². The molecule has 1 rings (SSSR count). The van der Waals surface area contributed by atoms with Gasteiger partial charge in [-0.05, 0) is 12.8 Å². The van der Waals surface area contributed by atoms with Gasteiger partial charge in [0.1, 0.15) is 0 Å². The summed E-state index contributed by atoms with van der Waals surface area (Å²) in [7, 11) is 1.80. The lowest BCUT2D eigenvalue weighted by Crippen LogP contribution is -1.86. The van der Waals surface area contributed by atoms with Gasteiger partial charge in [-0.15, -0.1) is 5.10 Å². The van der Waals surface area contributed by atoms with Crippen molar-refractivity contribution in [2.24, 2.45) is 7.05 Å². The van der Waals surface area contributed by atoms with Gasteiger partial charge < -0.3 is 0 Å². The first kappa shape index (κ1) is 7.18. The Balaban J connectivity index is 2.42. The molecule has 0 saturated heterocycles. The van der Waals surface area contributed by atoms with Gasteiger partial charge in [0.15, 0.2) is 0 Å². The van der Waals surface area contributed by atoms with Gasteiger partial charge in [0.2, 0.25) is 0 Å². The van der Waals surface area contributed by atoms with Crippen molar-refractivity contribution >= 4 is 0 Å². The van der Waals surface area contributed by atoms with Gasteiger partial charge in [-0.3, -0.25) is 9.07 Å². The van der Waals surface area contributed by atoms with E-state index in [0.717, 1.165) is 5.69 Å². The Kier molecular flexibility index (Phi) is 2.36. The van der Waals surface area contributed by atoms with Gasteiger partial charge in [0.05, 0.1) is 12.4 Å². The van der Waals surface area contributed by atoms with Crippen molar-refractivity contribution in [3.8, 4) is 0 Å². The van der Waals surface area contributed by atoms with Crippen LogP contribution in [0.25, 0.3) is 0 Å². The van der Waals surface area contributed by atoms with Crippen LogP contribution in [-0.2, 0) is 13.5 Å². The molecule has 0 aromatic carbocycles. The van der Waals surface area contributed by atoms with Crippen LogP contribution in [0, 0.1) is 0 Å². The SMILES string of the molecule is Cn1cc(CCC[18F])nn1. The van der Waals surface area contributed by atoms with Gasteiger partial charge in [0.25, 0.3) is 0 Å². The summed E-state index contributed by atoms with van der Waals surface area (Å²) in [5.74, 6) is 0. The predicted molar refractivity (Wildman–Crippen MR) is 35.3 cm³/mol. The Morgan fingerprint density at radius 1 is 1.70 bits per heavy atom. The fourth-order valence-corrected chi connectivity index (χ4v) is 0.758. The second kappa shape index (κ2) is 3.29. The van der Waals surface area contributed by atoms with Crippen LogP contribution in [0.2, 0.25) is 0 Å². The third kappa shape index (κ3) is 1.79. The lowest BCUT2D eigenvalue weighted by Gasteiger charge is -1.87. The van der Waals surface area contributed by atoms with E-state index in [9.17, 15) is 4.39 Å². The van der Waals surface area contributed by atoms with E-state index in [2.05, 4.69) is 10.3 Å². The van der Waals surface area contributed by atoms with Crippen LogP contribution in [0.1, 0.15) is 12.1 Å². The lowest BCUT2D eigenvalue weighted by atomic mass is 10.3. The Morgan fingerprint density at radius 2 is 2.50 bits per heavy atom. The molecule has 0 aliphatic heterocycles. The monoisotopic (exact) mass is 142 g/mol. The summed E-state index contributed by atoms with van der Waals surface area (Å²) in [4.78, 5) is 0. The maximum Gasteiger partial charge on any atom is 0.0898 e. The van der Waals surface area contributed by atoms with Crippen LogP contribution < -0.4 is 0 Å². The van der Waals surface area contributed by atoms with E-state index >= 15 is 0 Å². The molecule has 1 aromatic heterocycles. The summed E-state index contributed by atoms with van der Waals surface area (Å²) >= 11 is 0. The molecule has 0 bridgehead atoms. The lowest BCUT2D eigenvalue weighted by molar-refractivity contribution is 0.471. The number of nitrogens with zero attached hydrogens (tertiary/aromatic N) is 3. The van der Waals surface area contributed by atoms with E-state index in [1.807, 2.05) is 0 Å². The fraction of sp³-hybridized carbons (Fsp3) is 0.667. The summed E-state index contributed by atoms with van der Waals surface area (Å²) in [5, 5.41) is 7.51. The maximum absolute atomic E-state index is 11.6. The van der Waals surface area contributed by atoms with Crippen molar-refractivity contribution in [1.82, 2.24) is 15.0 Å². The van der Waals surface area contributed by atoms with Crippen LogP contribution in [0.3, 0.4) is 0 Å². The zero-order chi connectivity index (χ0) is 7.40. The third-order valence-electron chi connectivity index (χ3n) is 1.22. The summed E-state index contributed by atoms with van der Waals surface area (Å²) in [6, 6.07) is 0. The van der Waals surface area contributed by atoms with Crippen LogP contribution in [0.5, 0.6) is 0 Å². The molecule has 4 heteroatoms. The van der Waals surface area contributed by atoms with Crippen molar-refractivity contribution in [2.75, 3.05) is 6.67 Å². The minimum absolute atomic E-state index is 0.281. The molecule has 0 N–H and O–H groups in total. The molecule has 0 atom stereocenters. The van der Waals surface area contributed by atoms with Crippen molar-refractivity contribution in [2.45, 2.75) is 12.8 Å². The average Bonchev–Trinajstić information content (AvgIpc) is 2.31. The number of rotatable bonds is 3. The molecule has 0 spiro atoms. The van der Waals surface area contributed by atoms with Gasteiger partial charge >= 0.3 is 0 Å². The molecule has 3 nitrogen and oxygen atoms in total. The smallest absolute Gasteiger partial charge is 0.0898 e.